The highest BCUT2D eigenvalue weighted by molar-refractivity contribution is 5.70. The molecular formula is C18H18. The third-order valence-corrected chi connectivity index (χ3v) is 3.00. The van der Waals surface area contributed by atoms with Crippen LogP contribution in [-0.2, 0) is 6.42 Å². The minimum absolute atomic E-state index is 0.939. The molecule has 0 radical (unpaired) electrons. The zero-order valence-electron chi connectivity index (χ0n) is 10.8. The summed E-state index contributed by atoms with van der Waals surface area (Å²) in [5.74, 6) is 0. The molecule has 0 aliphatic rings. The summed E-state index contributed by atoms with van der Waals surface area (Å²) >= 11 is 0. The first-order chi connectivity index (χ1) is 8.79. The summed E-state index contributed by atoms with van der Waals surface area (Å²) in [6.07, 6.45) is 7.18. The molecule has 0 unspecified atom stereocenters. The summed E-state index contributed by atoms with van der Waals surface area (Å²) in [5, 5.41) is 0. The van der Waals surface area contributed by atoms with E-state index >= 15 is 0 Å². The molecule has 0 heteroatoms. The van der Waals surface area contributed by atoms with Crippen LogP contribution in [0.4, 0.5) is 0 Å². The van der Waals surface area contributed by atoms with Gasteiger partial charge in [-0.25, -0.2) is 0 Å². The maximum atomic E-state index is 3.78. The Hall–Kier alpha value is -2.08. The van der Waals surface area contributed by atoms with Crippen LogP contribution in [-0.4, -0.2) is 0 Å². The second-order valence-corrected chi connectivity index (χ2v) is 4.42. The fourth-order valence-electron chi connectivity index (χ4n) is 1.96. The molecule has 0 amide bonds. The third kappa shape index (κ3) is 3.21. The summed E-state index contributed by atoms with van der Waals surface area (Å²) in [4.78, 5) is 0. The van der Waals surface area contributed by atoms with Gasteiger partial charge in [0.15, 0.2) is 0 Å². The molecule has 0 aromatic heterocycles. The fourth-order valence-corrected chi connectivity index (χ4v) is 1.96. The summed E-state index contributed by atoms with van der Waals surface area (Å²) in [7, 11) is 0. The molecule has 0 heterocycles. The van der Waals surface area contributed by atoms with Crippen LogP contribution in [0.15, 0.2) is 61.2 Å². The van der Waals surface area contributed by atoms with Gasteiger partial charge in [-0.1, -0.05) is 66.8 Å². The summed E-state index contributed by atoms with van der Waals surface area (Å²) < 4.78 is 0. The Kier molecular flexibility index (Phi) is 4.14. The molecule has 0 saturated carbocycles. The second kappa shape index (κ2) is 6.02. The normalized spacial score (nSPS) is 10.7. The lowest BCUT2D eigenvalue weighted by molar-refractivity contribution is 1.21. The Labute approximate surface area is 109 Å². The van der Waals surface area contributed by atoms with Crippen molar-refractivity contribution in [1.29, 1.82) is 0 Å². The number of hydrogen-bond acceptors (Lipinski definition) is 0. The van der Waals surface area contributed by atoms with Crippen LogP contribution in [0, 0.1) is 6.92 Å². The average Bonchev–Trinajstić information content (AvgIpc) is 2.41. The topological polar surface area (TPSA) is 0 Å². The second-order valence-electron chi connectivity index (χ2n) is 4.42. The monoisotopic (exact) mass is 234 g/mol. The van der Waals surface area contributed by atoms with Crippen LogP contribution < -0.4 is 0 Å². The van der Waals surface area contributed by atoms with E-state index in [1.165, 1.54) is 22.3 Å². The van der Waals surface area contributed by atoms with Crippen molar-refractivity contribution in [1.82, 2.24) is 0 Å². The van der Waals surface area contributed by atoms with E-state index in [2.05, 4.69) is 68.1 Å². The lowest BCUT2D eigenvalue weighted by Crippen LogP contribution is -1.87. The first kappa shape index (κ1) is 12.4. The smallest absolute Gasteiger partial charge is 0.00975 e. The van der Waals surface area contributed by atoms with Gasteiger partial charge in [0.05, 0.1) is 0 Å². The molecule has 0 bridgehead atoms. The van der Waals surface area contributed by atoms with E-state index in [0.29, 0.717) is 0 Å². The lowest BCUT2D eigenvalue weighted by atomic mass is 10.0. The van der Waals surface area contributed by atoms with Crippen molar-refractivity contribution in [2.24, 2.45) is 0 Å². The zero-order chi connectivity index (χ0) is 12.8. The number of aryl methyl sites for hydroxylation is 1. The van der Waals surface area contributed by atoms with Crippen molar-refractivity contribution < 1.29 is 0 Å². The number of benzene rings is 2. The molecule has 2 aromatic carbocycles. The quantitative estimate of drug-likeness (QED) is 0.521. The standard InChI is InChI=1S/C18H18/c1-3-7-18-13-12-17(14-15(18)2)11-10-16-8-5-4-6-9-16/h3-6,8-14H,1,7H2,2H3. The molecule has 0 fully saturated rings. The van der Waals surface area contributed by atoms with Crippen molar-refractivity contribution in [3.63, 3.8) is 0 Å². The summed E-state index contributed by atoms with van der Waals surface area (Å²) in [6, 6.07) is 16.9. The van der Waals surface area contributed by atoms with E-state index in [1.807, 2.05) is 12.1 Å². The van der Waals surface area contributed by atoms with Crippen LogP contribution in [0.1, 0.15) is 22.3 Å². The van der Waals surface area contributed by atoms with E-state index in [0.717, 1.165) is 6.42 Å². The highest BCUT2D eigenvalue weighted by Gasteiger charge is 1.96. The molecule has 0 saturated heterocycles. The number of hydrogen-bond donors (Lipinski definition) is 0. The Bertz CT molecular complexity index is 548. The van der Waals surface area contributed by atoms with Crippen molar-refractivity contribution in [2.45, 2.75) is 13.3 Å². The third-order valence-electron chi connectivity index (χ3n) is 3.00. The SMILES string of the molecule is C=CCc1ccc(C=Cc2ccccc2)cc1C. The van der Waals surface area contributed by atoms with Gasteiger partial charge >= 0.3 is 0 Å². The van der Waals surface area contributed by atoms with Gasteiger partial charge in [0.1, 0.15) is 0 Å². The van der Waals surface area contributed by atoms with Crippen molar-refractivity contribution in [2.75, 3.05) is 0 Å². The molecule has 90 valence electrons. The van der Waals surface area contributed by atoms with Gasteiger partial charge in [-0.2, -0.15) is 0 Å². The maximum Gasteiger partial charge on any atom is -0.00975 e. The summed E-state index contributed by atoms with van der Waals surface area (Å²) in [5.41, 5.74) is 5.14. The van der Waals surface area contributed by atoms with E-state index in [4.69, 9.17) is 0 Å². The first-order valence-electron chi connectivity index (χ1n) is 6.23. The zero-order valence-corrected chi connectivity index (χ0v) is 10.8. The van der Waals surface area contributed by atoms with Gasteiger partial charge in [-0.3, -0.25) is 0 Å². The highest BCUT2D eigenvalue weighted by Crippen LogP contribution is 2.14. The molecule has 2 rings (SSSR count). The van der Waals surface area contributed by atoms with Crippen LogP contribution in [0.25, 0.3) is 12.2 Å². The molecule has 2 aromatic rings. The summed E-state index contributed by atoms with van der Waals surface area (Å²) in [6.45, 7) is 5.93. The molecule has 18 heavy (non-hydrogen) atoms. The van der Waals surface area contributed by atoms with E-state index < -0.39 is 0 Å². The Morgan fingerprint density at radius 1 is 0.944 bits per heavy atom. The maximum absolute atomic E-state index is 3.78. The van der Waals surface area contributed by atoms with Gasteiger partial charge < -0.3 is 0 Å². The molecule has 0 aliphatic heterocycles. The van der Waals surface area contributed by atoms with Crippen LogP contribution in [0.2, 0.25) is 0 Å². The van der Waals surface area contributed by atoms with E-state index in [-0.39, 0.29) is 0 Å². The fraction of sp³-hybridized carbons (Fsp3) is 0.111. The molecule has 0 spiro atoms. The van der Waals surface area contributed by atoms with Gasteiger partial charge in [0.2, 0.25) is 0 Å². The van der Waals surface area contributed by atoms with Gasteiger partial charge in [0, 0.05) is 0 Å². The average molecular weight is 234 g/mol. The Morgan fingerprint density at radius 3 is 2.33 bits per heavy atom. The number of rotatable bonds is 4. The number of allylic oxidation sites excluding steroid dienone is 1. The van der Waals surface area contributed by atoms with Crippen molar-refractivity contribution >= 4 is 12.2 Å². The molecule has 0 nitrogen and oxygen atoms in total. The Morgan fingerprint density at radius 2 is 1.67 bits per heavy atom. The lowest BCUT2D eigenvalue weighted by Gasteiger charge is -2.04. The van der Waals surface area contributed by atoms with Crippen molar-refractivity contribution in [3.8, 4) is 0 Å². The van der Waals surface area contributed by atoms with Crippen molar-refractivity contribution in [3.05, 3.63) is 83.4 Å². The highest BCUT2D eigenvalue weighted by atomic mass is 14.0. The Balaban J connectivity index is 2.18. The first-order valence-corrected chi connectivity index (χ1v) is 6.23. The van der Waals surface area contributed by atoms with Gasteiger partial charge in [-0.15, -0.1) is 6.58 Å². The van der Waals surface area contributed by atoms with E-state index in [1.54, 1.807) is 0 Å². The molecular weight excluding hydrogens is 216 g/mol. The van der Waals surface area contributed by atoms with E-state index in [9.17, 15) is 0 Å². The van der Waals surface area contributed by atoms with Gasteiger partial charge in [0.25, 0.3) is 0 Å². The van der Waals surface area contributed by atoms with Crippen LogP contribution >= 0.6 is 0 Å². The molecule has 0 atom stereocenters. The minimum atomic E-state index is 0.939. The minimum Gasteiger partial charge on any atom is -0.103 e. The van der Waals surface area contributed by atoms with Gasteiger partial charge in [-0.05, 0) is 35.6 Å². The predicted molar refractivity (Wildman–Crippen MR) is 80.5 cm³/mol. The van der Waals surface area contributed by atoms with Crippen LogP contribution in [0.3, 0.4) is 0 Å². The molecule has 0 N–H and O–H groups in total. The predicted octanol–water partition coefficient (Wildman–Crippen LogP) is 4.89. The molecule has 0 aliphatic carbocycles. The largest absolute Gasteiger partial charge is 0.103 e. The van der Waals surface area contributed by atoms with Crippen LogP contribution in [0.5, 0.6) is 0 Å².